The second-order valence-electron chi connectivity index (χ2n) is 14.0. The number of carbonyl (C=O) groups excluding carboxylic acids is 1. The van der Waals surface area contributed by atoms with Crippen LogP contribution in [0, 0.1) is 20.8 Å². The Hall–Kier alpha value is -4.99. The second-order valence-corrected chi connectivity index (χ2v) is 14.0. The highest BCUT2D eigenvalue weighted by Gasteiger charge is 2.38. The SMILES string of the molecule is Cc1cc(C)c(N(c2ccc(/C=C3\C(=O)c4cc5ccccc5cc4C3O)cc2)c2ccc3c(c2)C(C)(C)C2=C3CCC=C2)c(C)c1. The first kappa shape index (κ1) is 29.4. The van der Waals surface area contributed by atoms with Gasteiger partial charge in [-0.25, -0.2) is 0 Å². The molecular formula is C44H39NO2. The number of allylic oxidation sites excluding steroid dienone is 4. The Balaban J connectivity index is 1.20. The molecule has 0 aromatic heterocycles. The van der Waals surface area contributed by atoms with Gasteiger partial charge in [-0.3, -0.25) is 4.79 Å². The van der Waals surface area contributed by atoms with Gasteiger partial charge in [0.25, 0.3) is 0 Å². The molecule has 47 heavy (non-hydrogen) atoms. The molecule has 3 heteroatoms. The fourth-order valence-corrected chi connectivity index (χ4v) is 8.23. The molecule has 0 spiro atoms. The average molecular weight is 614 g/mol. The van der Waals surface area contributed by atoms with Crippen LogP contribution >= 0.6 is 0 Å². The number of hydrogen-bond acceptors (Lipinski definition) is 3. The van der Waals surface area contributed by atoms with E-state index >= 15 is 0 Å². The first-order valence-corrected chi connectivity index (χ1v) is 16.6. The predicted molar refractivity (Wildman–Crippen MR) is 195 cm³/mol. The molecule has 0 fully saturated rings. The maximum absolute atomic E-state index is 13.5. The highest BCUT2D eigenvalue weighted by Crippen LogP contribution is 2.52. The van der Waals surface area contributed by atoms with E-state index in [2.05, 4.69) is 106 Å². The summed E-state index contributed by atoms with van der Waals surface area (Å²) in [6.07, 6.45) is 7.74. The van der Waals surface area contributed by atoms with E-state index in [1.165, 1.54) is 44.7 Å². The molecule has 232 valence electrons. The fraction of sp³-hybridized carbons (Fsp3) is 0.205. The molecule has 5 aromatic rings. The Morgan fingerprint density at radius 1 is 0.809 bits per heavy atom. The molecule has 5 aromatic carbocycles. The molecule has 0 amide bonds. The maximum Gasteiger partial charge on any atom is 0.192 e. The number of nitrogens with zero attached hydrogens (tertiary/aromatic N) is 1. The molecule has 3 aliphatic carbocycles. The summed E-state index contributed by atoms with van der Waals surface area (Å²) >= 11 is 0. The summed E-state index contributed by atoms with van der Waals surface area (Å²) in [6.45, 7) is 11.2. The third-order valence-corrected chi connectivity index (χ3v) is 10.5. The Bertz CT molecular complexity index is 2210. The monoisotopic (exact) mass is 613 g/mol. The number of aliphatic hydroxyl groups is 1. The zero-order valence-corrected chi connectivity index (χ0v) is 27.7. The van der Waals surface area contributed by atoms with E-state index in [1.807, 2.05) is 42.5 Å². The van der Waals surface area contributed by atoms with Crippen molar-refractivity contribution >= 4 is 45.3 Å². The van der Waals surface area contributed by atoms with E-state index < -0.39 is 6.10 Å². The number of hydrogen-bond donors (Lipinski definition) is 1. The number of Topliss-reactive ketones (excluding diaryl/α,β-unsaturated/α-hetero) is 1. The van der Waals surface area contributed by atoms with E-state index in [0.29, 0.717) is 16.7 Å². The topological polar surface area (TPSA) is 40.5 Å². The van der Waals surface area contributed by atoms with Crippen LogP contribution in [0.1, 0.15) is 82.1 Å². The first-order chi connectivity index (χ1) is 22.6. The number of anilines is 3. The van der Waals surface area contributed by atoms with Crippen molar-refractivity contribution in [1.29, 1.82) is 0 Å². The largest absolute Gasteiger partial charge is 0.383 e. The highest BCUT2D eigenvalue weighted by molar-refractivity contribution is 6.18. The average Bonchev–Trinajstić information content (AvgIpc) is 3.43. The maximum atomic E-state index is 13.5. The van der Waals surface area contributed by atoms with E-state index in [4.69, 9.17) is 0 Å². The van der Waals surface area contributed by atoms with E-state index in [-0.39, 0.29) is 11.2 Å². The van der Waals surface area contributed by atoms with Crippen molar-refractivity contribution < 1.29 is 9.90 Å². The number of rotatable bonds is 4. The Labute approximate surface area is 277 Å². The molecule has 0 radical (unpaired) electrons. The standard InChI is InChI=1S/C44H39NO2/c1-26-20-27(2)41(28(3)21-26)45(33-18-19-35-34-12-8-9-13-39(34)44(4,5)40(35)25-33)32-16-14-29(15-17-32)22-38-42(46)36-23-30-10-6-7-11-31(30)24-37(36)43(38)47/h6-7,9-11,13-25,42,46H,8,12H2,1-5H3/b38-22-. The number of aryl methyl sites for hydroxylation is 3. The molecule has 0 aliphatic heterocycles. The second kappa shape index (κ2) is 10.8. The van der Waals surface area contributed by atoms with Crippen molar-refractivity contribution in [3.63, 3.8) is 0 Å². The third kappa shape index (κ3) is 4.64. The van der Waals surface area contributed by atoms with Gasteiger partial charge in [0.2, 0.25) is 0 Å². The van der Waals surface area contributed by atoms with Crippen LogP contribution in [-0.2, 0) is 5.41 Å². The Morgan fingerprint density at radius 3 is 2.21 bits per heavy atom. The molecule has 1 atom stereocenters. The van der Waals surface area contributed by atoms with Gasteiger partial charge in [0, 0.05) is 27.9 Å². The van der Waals surface area contributed by atoms with Gasteiger partial charge in [0.1, 0.15) is 6.10 Å². The van der Waals surface area contributed by atoms with Gasteiger partial charge in [-0.2, -0.15) is 0 Å². The van der Waals surface area contributed by atoms with Crippen LogP contribution in [0.4, 0.5) is 17.1 Å². The van der Waals surface area contributed by atoms with Crippen LogP contribution in [0.15, 0.2) is 114 Å². The molecule has 1 unspecified atom stereocenters. The fourth-order valence-electron chi connectivity index (χ4n) is 8.23. The van der Waals surface area contributed by atoms with Crippen molar-refractivity contribution in [2.45, 2.75) is 59.0 Å². The van der Waals surface area contributed by atoms with Gasteiger partial charge in [0.05, 0.1) is 5.69 Å². The predicted octanol–water partition coefficient (Wildman–Crippen LogP) is 10.9. The first-order valence-electron chi connectivity index (χ1n) is 16.6. The lowest BCUT2D eigenvalue weighted by Crippen LogP contribution is -2.18. The summed E-state index contributed by atoms with van der Waals surface area (Å²) < 4.78 is 0. The normalized spacial score (nSPS) is 18.6. The molecular weight excluding hydrogens is 574 g/mol. The minimum Gasteiger partial charge on any atom is -0.383 e. The van der Waals surface area contributed by atoms with E-state index in [1.54, 1.807) is 0 Å². The van der Waals surface area contributed by atoms with Gasteiger partial charge in [-0.15, -0.1) is 0 Å². The summed E-state index contributed by atoms with van der Waals surface area (Å²) in [7, 11) is 0. The summed E-state index contributed by atoms with van der Waals surface area (Å²) in [5.74, 6) is -0.109. The third-order valence-electron chi connectivity index (χ3n) is 10.5. The van der Waals surface area contributed by atoms with Crippen LogP contribution in [0.3, 0.4) is 0 Å². The Kier molecular flexibility index (Phi) is 6.75. The zero-order valence-electron chi connectivity index (χ0n) is 27.7. The van der Waals surface area contributed by atoms with Crippen molar-refractivity contribution in [2.24, 2.45) is 0 Å². The number of aliphatic hydroxyl groups excluding tert-OH is 1. The number of carbonyl (C=O) groups is 1. The zero-order chi connectivity index (χ0) is 32.6. The van der Waals surface area contributed by atoms with Crippen molar-refractivity contribution in [3.8, 4) is 0 Å². The summed E-state index contributed by atoms with van der Waals surface area (Å²) in [4.78, 5) is 15.9. The van der Waals surface area contributed by atoms with E-state index in [9.17, 15) is 9.90 Å². The highest BCUT2D eigenvalue weighted by atomic mass is 16.3. The lowest BCUT2D eigenvalue weighted by molar-refractivity contribution is 0.102. The summed E-state index contributed by atoms with van der Waals surface area (Å²) in [5.41, 5.74) is 15.2. The number of ketones is 1. The van der Waals surface area contributed by atoms with Crippen molar-refractivity contribution in [3.05, 3.63) is 159 Å². The van der Waals surface area contributed by atoms with Crippen LogP contribution in [-0.4, -0.2) is 10.9 Å². The molecule has 3 aliphatic rings. The van der Waals surface area contributed by atoms with Crippen molar-refractivity contribution in [2.75, 3.05) is 4.90 Å². The van der Waals surface area contributed by atoms with Crippen LogP contribution in [0.2, 0.25) is 0 Å². The molecule has 1 N–H and O–H groups in total. The quantitative estimate of drug-likeness (QED) is 0.205. The minimum atomic E-state index is -0.944. The van der Waals surface area contributed by atoms with Crippen molar-refractivity contribution in [1.82, 2.24) is 0 Å². The summed E-state index contributed by atoms with van der Waals surface area (Å²) in [6, 6.07) is 31.7. The lowest BCUT2D eigenvalue weighted by Gasteiger charge is -2.31. The number of benzene rings is 5. The smallest absolute Gasteiger partial charge is 0.192 e. The molecule has 0 bridgehead atoms. The Morgan fingerprint density at radius 2 is 1.49 bits per heavy atom. The lowest BCUT2D eigenvalue weighted by atomic mass is 9.80. The summed E-state index contributed by atoms with van der Waals surface area (Å²) in [5, 5.41) is 13.3. The minimum absolute atomic E-state index is 0.0608. The van der Waals surface area contributed by atoms with E-state index in [0.717, 1.165) is 40.6 Å². The molecule has 0 saturated carbocycles. The molecule has 8 rings (SSSR count). The van der Waals surface area contributed by atoms with Gasteiger partial charge in [-0.1, -0.05) is 86.2 Å². The van der Waals surface area contributed by atoms with Gasteiger partial charge >= 0.3 is 0 Å². The number of fused-ring (bicyclic) bond motifs is 4. The van der Waals surface area contributed by atoms with Crippen LogP contribution in [0.25, 0.3) is 22.4 Å². The van der Waals surface area contributed by atoms with Crippen LogP contribution in [0.5, 0.6) is 0 Å². The van der Waals surface area contributed by atoms with Gasteiger partial charge < -0.3 is 10.0 Å². The molecule has 0 saturated heterocycles. The van der Waals surface area contributed by atoms with Gasteiger partial charge in [0.15, 0.2) is 5.78 Å². The molecule has 0 heterocycles. The van der Waals surface area contributed by atoms with Crippen LogP contribution < -0.4 is 4.90 Å². The molecule has 3 nitrogen and oxygen atoms in total. The van der Waals surface area contributed by atoms with Gasteiger partial charge in [-0.05, 0) is 131 Å².